The summed E-state index contributed by atoms with van der Waals surface area (Å²) in [5, 5.41) is 4.68. The van der Waals surface area contributed by atoms with Gasteiger partial charge in [0, 0.05) is 23.2 Å². The second kappa shape index (κ2) is 10.1. The molecule has 3 atom stereocenters. The lowest BCUT2D eigenvalue weighted by atomic mass is 9.97. The highest BCUT2D eigenvalue weighted by Gasteiger charge is 2.54. The lowest BCUT2D eigenvalue weighted by Gasteiger charge is -2.43. The minimum Gasteiger partial charge on any atom is -0.325 e. The van der Waals surface area contributed by atoms with Gasteiger partial charge >= 0.3 is 6.03 Å². The van der Waals surface area contributed by atoms with Gasteiger partial charge in [0.05, 0.1) is 12.6 Å². The Morgan fingerprint density at radius 1 is 1.18 bits per heavy atom. The number of fused-ring (bicyclic) bond motifs is 1. The molecular weight excluding hydrogens is 457 g/mol. The summed E-state index contributed by atoms with van der Waals surface area (Å²) in [6, 6.07) is 11.3. The number of halogens is 1. The van der Waals surface area contributed by atoms with Crippen molar-refractivity contribution in [3.05, 3.63) is 59.9 Å². The van der Waals surface area contributed by atoms with Crippen LogP contribution in [-0.4, -0.2) is 70.1 Å². The van der Waals surface area contributed by atoms with Gasteiger partial charge < -0.3 is 10.2 Å². The zero-order chi connectivity index (χ0) is 24.4. The first kappa shape index (κ1) is 24.2. The third-order valence-corrected chi connectivity index (χ3v) is 6.88. The van der Waals surface area contributed by atoms with Crippen LogP contribution in [0.25, 0.3) is 0 Å². The van der Waals surface area contributed by atoms with Gasteiger partial charge in [0.25, 0.3) is 5.91 Å². The number of anilines is 1. The van der Waals surface area contributed by atoms with E-state index in [0.717, 1.165) is 9.80 Å². The third-order valence-electron chi connectivity index (χ3n) is 6.16. The Morgan fingerprint density at radius 3 is 2.59 bits per heavy atom. The van der Waals surface area contributed by atoms with Crippen molar-refractivity contribution in [3.63, 3.8) is 0 Å². The molecule has 10 heteroatoms. The highest BCUT2D eigenvalue weighted by Crippen LogP contribution is 2.30. The predicted octanol–water partition coefficient (Wildman–Crippen LogP) is 2.92. The topological polar surface area (TPSA) is 85.0 Å². The number of hydrogen-bond donors (Lipinski definition) is 2. The van der Waals surface area contributed by atoms with Crippen molar-refractivity contribution in [1.82, 2.24) is 20.2 Å². The first-order valence-corrected chi connectivity index (χ1v) is 12.4. The summed E-state index contributed by atoms with van der Waals surface area (Å²) >= 11 is 1.57. The van der Waals surface area contributed by atoms with E-state index in [1.807, 2.05) is 43.3 Å². The maximum Gasteiger partial charge on any atom is 0.327 e. The summed E-state index contributed by atoms with van der Waals surface area (Å²) in [4.78, 5) is 43.5. The van der Waals surface area contributed by atoms with E-state index in [4.69, 9.17) is 0 Å². The second-order valence-electron chi connectivity index (χ2n) is 8.38. The lowest BCUT2D eigenvalue weighted by Crippen LogP contribution is -2.67. The maximum absolute atomic E-state index is 13.5. The molecule has 8 nitrogen and oxygen atoms in total. The molecule has 2 aromatic carbocycles. The van der Waals surface area contributed by atoms with Gasteiger partial charge in [0.2, 0.25) is 5.91 Å². The van der Waals surface area contributed by atoms with Crippen LogP contribution in [-0.2, 0) is 16.1 Å². The average molecular weight is 486 g/mol. The fraction of sp³-hybridized carbons (Fsp3) is 0.375. The first-order valence-electron chi connectivity index (χ1n) is 11.2. The van der Waals surface area contributed by atoms with Crippen molar-refractivity contribution in [1.29, 1.82) is 0 Å². The minimum atomic E-state index is -0.620. The van der Waals surface area contributed by atoms with Crippen molar-refractivity contribution in [3.8, 4) is 0 Å². The SMILES string of the molecule is CCN1NC(C)C2C1C(=O)N(Cc1ccc(F)cc1)C(=O)N2CC(=O)Nc1cccc(SC)c1. The molecule has 4 rings (SSSR count). The molecule has 0 bridgehead atoms. The molecule has 2 fully saturated rings. The van der Waals surface area contributed by atoms with E-state index in [1.165, 1.54) is 17.0 Å². The number of imide groups is 1. The highest BCUT2D eigenvalue weighted by molar-refractivity contribution is 7.98. The summed E-state index contributed by atoms with van der Waals surface area (Å²) in [6.45, 7) is 4.18. The first-order chi connectivity index (χ1) is 16.3. The van der Waals surface area contributed by atoms with Gasteiger partial charge in [-0.2, -0.15) is 0 Å². The quantitative estimate of drug-likeness (QED) is 0.587. The van der Waals surface area contributed by atoms with Crippen molar-refractivity contribution < 1.29 is 18.8 Å². The highest BCUT2D eigenvalue weighted by atomic mass is 32.2. The number of hydrogen-bond acceptors (Lipinski definition) is 6. The Kier molecular flexibility index (Phi) is 7.20. The van der Waals surface area contributed by atoms with Crippen LogP contribution < -0.4 is 10.7 Å². The monoisotopic (exact) mass is 485 g/mol. The molecule has 2 saturated heterocycles. The number of amides is 4. The van der Waals surface area contributed by atoms with Crippen molar-refractivity contribution >= 4 is 35.3 Å². The van der Waals surface area contributed by atoms with E-state index in [0.29, 0.717) is 17.8 Å². The summed E-state index contributed by atoms with van der Waals surface area (Å²) in [5.74, 6) is -1.07. The molecule has 2 aromatic rings. The van der Waals surface area contributed by atoms with Crippen LogP contribution in [0.4, 0.5) is 14.9 Å². The molecule has 2 aliphatic heterocycles. The van der Waals surface area contributed by atoms with Crippen LogP contribution in [0.2, 0.25) is 0 Å². The Bertz CT molecular complexity index is 1080. The molecule has 0 aromatic heterocycles. The summed E-state index contributed by atoms with van der Waals surface area (Å²) in [5.41, 5.74) is 4.53. The minimum absolute atomic E-state index is 0.000982. The molecule has 4 amide bonds. The number of urea groups is 1. The van der Waals surface area contributed by atoms with Gasteiger partial charge in [-0.25, -0.2) is 19.6 Å². The molecule has 3 unspecified atom stereocenters. The molecule has 0 aliphatic carbocycles. The number of carbonyl (C=O) groups is 3. The Hall–Kier alpha value is -2.95. The standard InChI is InChI=1S/C24H28FN5O3S/c1-4-30-22-21(15(2)27-30)28(14-20(31)26-18-6-5-7-19(12-18)34-3)24(33)29(23(22)32)13-16-8-10-17(25)11-9-16/h5-12,15,21-22,27H,4,13-14H2,1-3H3,(H,26,31). The number of likely N-dealkylation sites (N-methyl/N-ethyl adjacent to an activating group) is 1. The van der Waals surface area contributed by atoms with E-state index >= 15 is 0 Å². The predicted molar refractivity (Wildman–Crippen MR) is 128 cm³/mol. The van der Waals surface area contributed by atoms with Crippen molar-refractivity contribution in [2.45, 2.75) is 43.4 Å². The summed E-state index contributed by atoms with van der Waals surface area (Å²) in [6.07, 6.45) is 1.95. The number of rotatable bonds is 7. The van der Waals surface area contributed by atoms with Crippen LogP contribution >= 0.6 is 11.8 Å². The molecule has 34 heavy (non-hydrogen) atoms. The normalized spacial score (nSPS) is 22.8. The number of nitrogens with one attached hydrogen (secondary N) is 2. The fourth-order valence-corrected chi connectivity index (χ4v) is 5.03. The average Bonchev–Trinajstić information content (AvgIpc) is 3.17. The largest absolute Gasteiger partial charge is 0.327 e. The molecule has 2 N–H and O–H groups in total. The van der Waals surface area contributed by atoms with Crippen LogP contribution in [0.5, 0.6) is 0 Å². The van der Waals surface area contributed by atoms with E-state index in [-0.39, 0.29) is 30.9 Å². The number of carbonyl (C=O) groups excluding carboxylic acids is 3. The Labute approximate surface area is 202 Å². The molecule has 0 radical (unpaired) electrons. The molecule has 180 valence electrons. The summed E-state index contributed by atoms with van der Waals surface area (Å²) < 4.78 is 13.4. The number of nitrogens with zero attached hydrogens (tertiary/aromatic N) is 3. The fourth-order valence-electron chi connectivity index (χ4n) is 4.57. The van der Waals surface area contributed by atoms with Crippen molar-refractivity contribution in [2.24, 2.45) is 0 Å². The molecule has 2 aliphatic rings. The van der Waals surface area contributed by atoms with Gasteiger partial charge in [-0.15, -0.1) is 11.8 Å². The van der Waals surface area contributed by atoms with E-state index < -0.39 is 23.9 Å². The zero-order valence-electron chi connectivity index (χ0n) is 19.3. The number of benzene rings is 2. The van der Waals surface area contributed by atoms with Crippen LogP contribution in [0.15, 0.2) is 53.4 Å². The van der Waals surface area contributed by atoms with Gasteiger partial charge in [0.15, 0.2) is 0 Å². The number of hydrazine groups is 1. The second-order valence-corrected chi connectivity index (χ2v) is 9.26. The number of thioether (sulfide) groups is 1. The van der Waals surface area contributed by atoms with Gasteiger partial charge in [-0.1, -0.05) is 25.1 Å². The molecule has 2 heterocycles. The molecule has 0 spiro atoms. The third kappa shape index (κ3) is 4.79. The Morgan fingerprint density at radius 2 is 1.91 bits per heavy atom. The Balaban J connectivity index is 1.59. The maximum atomic E-state index is 13.5. The smallest absolute Gasteiger partial charge is 0.325 e. The van der Waals surface area contributed by atoms with Gasteiger partial charge in [-0.3, -0.25) is 14.5 Å². The molecule has 0 saturated carbocycles. The van der Waals surface area contributed by atoms with Crippen LogP contribution in [0.3, 0.4) is 0 Å². The lowest BCUT2D eigenvalue weighted by molar-refractivity contribution is -0.140. The zero-order valence-corrected chi connectivity index (χ0v) is 20.1. The summed E-state index contributed by atoms with van der Waals surface area (Å²) in [7, 11) is 0. The molecular formula is C24H28FN5O3S. The van der Waals surface area contributed by atoms with Crippen LogP contribution in [0, 0.1) is 5.82 Å². The van der Waals surface area contributed by atoms with Gasteiger partial charge in [-0.05, 0) is 49.1 Å². The van der Waals surface area contributed by atoms with Crippen molar-refractivity contribution in [2.75, 3.05) is 24.7 Å². The van der Waals surface area contributed by atoms with Crippen LogP contribution in [0.1, 0.15) is 19.4 Å². The van der Waals surface area contributed by atoms with E-state index in [9.17, 15) is 18.8 Å². The van der Waals surface area contributed by atoms with Gasteiger partial charge in [0.1, 0.15) is 18.4 Å². The van der Waals surface area contributed by atoms with E-state index in [1.54, 1.807) is 30.0 Å². The van der Waals surface area contributed by atoms with E-state index in [2.05, 4.69) is 10.7 Å².